The summed E-state index contributed by atoms with van der Waals surface area (Å²) in [6.07, 6.45) is 1.34. The van der Waals surface area contributed by atoms with Crippen LogP contribution < -0.4 is 24.7 Å². The zero-order chi connectivity index (χ0) is 24.8. The summed E-state index contributed by atoms with van der Waals surface area (Å²) in [7, 11) is 1.84. The van der Waals surface area contributed by atoms with E-state index in [1.54, 1.807) is 12.1 Å². The van der Waals surface area contributed by atoms with Gasteiger partial charge >= 0.3 is 5.97 Å². The van der Waals surface area contributed by atoms with Crippen molar-refractivity contribution in [1.82, 2.24) is 0 Å². The number of carbonyl (C=O) groups is 1. The number of methoxy groups -OCH3 is 4. The van der Waals surface area contributed by atoms with Gasteiger partial charge in [0, 0.05) is 23.1 Å². The second-order valence-electron chi connectivity index (χ2n) is 7.02. The van der Waals surface area contributed by atoms with E-state index in [9.17, 15) is 23.4 Å². The summed E-state index contributed by atoms with van der Waals surface area (Å²) in [6, 6.07) is 7.35. The Kier molecular flexibility index (Phi) is 8.31. The Labute approximate surface area is 192 Å². The summed E-state index contributed by atoms with van der Waals surface area (Å²) in [6.45, 7) is -0.911. The number of hydrogen-bond acceptors (Lipinski definition) is 9. The van der Waals surface area contributed by atoms with Gasteiger partial charge in [0.05, 0.1) is 46.4 Å². The summed E-state index contributed by atoms with van der Waals surface area (Å²) >= 11 is 0. The summed E-state index contributed by atoms with van der Waals surface area (Å²) in [5, 5.41) is 20.1. The van der Waals surface area contributed by atoms with E-state index in [-0.39, 0.29) is 16.9 Å². The Morgan fingerprint density at radius 3 is 2.03 bits per heavy atom. The van der Waals surface area contributed by atoms with Crippen LogP contribution in [0.3, 0.4) is 0 Å². The molecule has 33 heavy (non-hydrogen) atoms. The van der Waals surface area contributed by atoms with Gasteiger partial charge in [-0.15, -0.1) is 0 Å². The number of benzene rings is 2. The van der Waals surface area contributed by atoms with E-state index < -0.39 is 33.7 Å². The summed E-state index contributed by atoms with van der Waals surface area (Å²) in [4.78, 5) is 11.6. The monoisotopic (exact) mass is 481 g/mol. The first-order valence-electron chi connectivity index (χ1n) is 9.56. The third kappa shape index (κ3) is 5.75. The van der Waals surface area contributed by atoms with Crippen molar-refractivity contribution in [2.75, 3.05) is 35.0 Å². The molecule has 0 fully saturated rings. The maximum absolute atomic E-state index is 12.8. The number of nitrogens with two attached hydrogens (primary N) is 1. The SMILES string of the molecule is COc1cc(OC)c(C=CS(=O)(=O)Cc2ccc(OC)c([C@@](N)(CO)C(=O)O)c2)c(OC)c1. The topological polar surface area (TPSA) is 155 Å². The predicted octanol–water partition coefficient (Wildman–Crippen LogP) is 1.54. The average molecular weight is 482 g/mol. The second-order valence-corrected chi connectivity index (χ2v) is 8.91. The molecule has 0 aliphatic carbocycles. The fourth-order valence-electron chi connectivity index (χ4n) is 3.11. The quantitative estimate of drug-likeness (QED) is 0.430. The minimum atomic E-state index is -3.82. The van der Waals surface area contributed by atoms with Gasteiger partial charge in [0.1, 0.15) is 23.0 Å². The highest BCUT2D eigenvalue weighted by molar-refractivity contribution is 7.93. The molecule has 0 bridgehead atoms. The van der Waals surface area contributed by atoms with Crippen LogP contribution >= 0.6 is 0 Å². The van der Waals surface area contributed by atoms with E-state index in [0.29, 0.717) is 22.8 Å². The third-order valence-corrected chi connectivity index (χ3v) is 6.23. The molecule has 4 N–H and O–H groups in total. The highest BCUT2D eigenvalue weighted by atomic mass is 32.2. The molecule has 11 heteroatoms. The van der Waals surface area contributed by atoms with Gasteiger partial charge in [-0.05, 0) is 23.8 Å². The van der Waals surface area contributed by atoms with Gasteiger partial charge in [0.15, 0.2) is 15.4 Å². The lowest BCUT2D eigenvalue weighted by molar-refractivity contribution is -0.145. The van der Waals surface area contributed by atoms with Crippen molar-refractivity contribution in [3.63, 3.8) is 0 Å². The molecule has 2 aromatic carbocycles. The molecule has 0 saturated heterocycles. The number of hydrogen-bond donors (Lipinski definition) is 3. The number of aliphatic hydroxyl groups excluding tert-OH is 1. The van der Waals surface area contributed by atoms with Crippen molar-refractivity contribution in [2.45, 2.75) is 11.3 Å². The number of aliphatic carboxylic acids is 1. The Morgan fingerprint density at radius 1 is 1.00 bits per heavy atom. The fraction of sp³-hybridized carbons (Fsp3) is 0.318. The highest BCUT2D eigenvalue weighted by Crippen LogP contribution is 2.35. The van der Waals surface area contributed by atoms with Gasteiger partial charge in [0.25, 0.3) is 0 Å². The van der Waals surface area contributed by atoms with Crippen molar-refractivity contribution < 1.29 is 42.4 Å². The van der Waals surface area contributed by atoms with Crippen molar-refractivity contribution in [3.05, 3.63) is 52.4 Å². The average Bonchev–Trinajstić information content (AvgIpc) is 2.81. The Hall–Kier alpha value is -3.28. The van der Waals surface area contributed by atoms with Crippen molar-refractivity contribution >= 4 is 21.9 Å². The Morgan fingerprint density at radius 2 is 1.58 bits per heavy atom. The lowest BCUT2D eigenvalue weighted by atomic mass is 9.90. The first-order valence-corrected chi connectivity index (χ1v) is 11.3. The number of sulfone groups is 1. The first kappa shape index (κ1) is 26.0. The van der Waals surface area contributed by atoms with Crippen LogP contribution in [0, 0.1) is 0 Å². The molecule has 1 atom stereocenters. The molecule has 0 saturated carbocycles. The van der Waals surface area contributed by atoms with E-state index in [4.69, 9.17) is 24.7 Å². The molecule has 0 spiro atoms. The molecular formula is C22H27NO9S. The van der Waals surface area contributed by atoms with E-state index >= 15 is 0 Å². The molecule has 0 heterocycles. The number of carboxylic acid groups (broad SMARTS) is 1. The largest absolute Gasteiger partial charge is 0.496 e. The minimum Gasteiger partial charge on any atom is -0.496 e. The van der Waals surface area contributed by atoms with Crippen LogP contribution in [-0.2, 0) is 25.9 Å². The van der Waals surface area contributed by atoms with Gasteiger partial charge in [0.2, 0.25) is 0 Å². The molecule has 0 aromatic heterocycles. The van der Waals surface area contributed by atoms with Crippen molar-refractivity contribution in [2.24, 2.45) is 5.73 Å². The van der Waals surface area contributed by atoms with Crippen LogP contribution in [0.25, 0.3) is 6.08 Å². The minimum absolute atomic E-state index is 0.0461. The molecule has 2 rings (SSSR count). The number of carboxylic acids is 1. The van der Waals surface area contributed by atoms with Crippen LogP contribution in [0.4, 0.5) is 0 Å². The van der Waals surface area contributed by atoms with Gasteiger partial charge in [-0.25, -0.2) is 13.2 Å². The van der Waals surface area contributed by atoms with Crippen molar-refractivity contribution in [1.29, 1.82) is 0 Å². The molecule has 0 aliphatic heterocycles. The summed E-state index contributed by atoms with van der Waals surface area (Å²) in [5.41, 5.74) is 4.31. The number of ether oxygens (including phenoxy) is 4. The van der Waals surface area contributed by atoms with Gasteiger partial charge in [-0.3, -0.25) is 0 Å². The molecule has 180 valence electrons. The van der Waals surface area contributed by atoms with Gasteiger partial charge in [-0.2, -0.15) is 0 Å². The molecule has 0 amide bonds. The van der Waals surface area contributed by atoms with Crippen LogP contribution in [0.5, 0.6) is 23.0 Å². The molecule has 0 aliphatic rings. The van der Waals surface area contributed by atoms with Crippen LogP contribution in [-0.4, -0.2) is 59.6 Å². The zero-order valence-electron chi connectivity index (χ0n) is 18.7. The van der Waals surface area contributed by atoms with Crippen LogP contribution in [0.2, 0.25) is 0 Å². The number of rotatable bonds is 11. The summed E-state index contributed by atoms with van der Waals surface area (Å²) in [5.74, 6) is -0.659. The highest BCUT2D eigenvalue weighted by Gasteiger charge is 2.38. The van der Waals surface area contributed by atoms with Crippen molar-refractivity contribution in [3.8, 4) is 23.0 Å². The first-order chi connectivity index (χ1) is 15.5. The molecule has 2 aromatic rings. The maximum atomic E-state index is 12.8. The van der Waals surface area contributed by atoms with Gasteiger partial charge in [-0.1, -0.05) is 6.07 Å². The van der Waals surface area contributed by atoms with E-state index in [0.717, 1.165) is 5.41 Å². The molecule has 10 nitrogen and oxygen atoms in total. The third-order valence-electron chi connectivity index (χ3n) is 4.94. The Bertz CT molecular complexity index is 1120. The van der Waals surface area contributed by atoms with Crippen LogP contribution in [0.15, 0.2) is 35.7 Å². The fourth-order valence-corrected chi connectivity index (χ4v) is 4.19. The zero-order valence-corrected chi connectivity index (χ0v) is 19.5. The molecule has 0 unspecified atom stereocenters. The standard InChI is InChI=1S/C22H27NO9S/c1-29-15-10-19(31-3)16(20(11-15)32-4)7-8-33(27,28)12-14-5-6-18(30-2)17(9-14)22(23,13-24)21(25)26/h5-11,24H,12-13,23H2,1-4H3,(H,25,26)/t22-/m0/s1. The van der Waals surface area contributed by atoms with E-state index in [1.165, 1.54) is 52.7 Å². The normalized spacial score (nSPS) is 13.4. The second kappa shape index (κ2) is 10.6. The maximum Gasteiger partial charge on any atom is 0.330 e. The smallest absolute Gasteiger partial charge is 0.330 e. The lowest BCUT2D eigenvalue weighted by Crippen LogP contribution is -2.48. The van der Waals surface area contributed by atoms with E-state index in [1.807, 2.05) is 0 Å². The van der Waals surface area contributed by atoms with Gasteiger partial charge < -0.3 is 34.9 Å². The van der Waals surface area contributed by atoms with Crippen LogP contribution in [0.1, 0.15) is 16.7 Å². The Balaban J connectivity index is 2.44. The van der Waals surface area contributed by atoms with E-state index in [2.05, 4.69) is 0 Å². The molecular weight excluding hydrogens is 454 g/mol. The number of aliphatic hydroxyl groups is 1. The molecule has 0 radical (unpaired) electrons. The predicted molar refractivity (Wildman–Crippen MR) is 121 cm³/mol. The lowest BCUT2D eigenvalue weighted by Gasteiger charge is -2.25. The summed E-state index contributed by atoms with van der Waals surface area (Å²) < 4.78 is 46.5.